The van der Waals surface area contributed by atoms with E-state index in [4.69, 9.17) is 0 Å². The van der Waals surface area contributed by atoms with Crippen LogP contribution < -0.4 is 9.13 Å². The lowest BCUT2D eigenvalue weighted by molar-refractivity contribution is -0.714. The maximum Gasteiger partial charge on any atom is 0.350 e. The van der Waals surface area contributed by atoms with Gasteiger partial charge in [-0.15, -0.1) is 0 Å². The molecule has 158 valence electrons. The van der Waals surface area contributed by atoms with Gasteiger partial charge in [-0.25, -0.2) is 9.13 Å². The Labute approximate surface area is 188 Å². The summed E-state index contributed by atoms with van der Waals surface area (Å²) in [5.74, 6) is 1.66. The summed E-state index contributed by atoms with van der Waals surface area (Å²) < 4.78 is 4.23. The first-order chi connectivity index (χ1) is 15.8. The van der Waals surface area contributed by atoms with Gasteiger partial charge in [-0.1, -0.05) is 48.0 Å². The van der Waals surface area contributed by atoms with Gasteiger partial charge in [0.15, 0.2) is 0 Å². The summed E-state index contributed by atoms with van der Waals surface area (Å²) in [6, 6.07) is 29.7. The van der Waals surface area contributed by atoms with Crippen LogP contribution in [-0.2, 0) is 13.1 Å². The molecule has 0 radical (unpaired) electrons. The van der Waals surface area contributed by atoms with Crippen LogP contribution in [0.15, 0.2) is 124 Å². The number of aryl methyl sites for hydroxylation is 3. The zero-order valence-electron chi connectivity index (χ0n) is 18.1. The molecule has 4 aromatic rings. The molecule has 0 aliphatic heterocycles. The van der Waals surface area contributed by atoms with Crippen LogP contribution in [0.4, 0.5) is 23.0 Å². The summed E-state index contributed by atoms with van der Waals surface area (Å²) in [6.07, 6.45) is 4.99. The SMILES string of the molecule is Cc1ccc(N=Nc2cccc[n+]2CCC[n+]2ccccc2N=Nc2ccccc2)cc1. The molecule has 2 heterocycles. The monoisotopic (exact) mass is 422 g/mol. The normalized spacial score (nSPS) is 11.4. The topological polar surface area (TPSA) is 57.2 Å². The van der Waals surface area contributed by atoms with Crippen molar-refractivity contribution in [3.05, 3.63) is 109 Å². The highest BCUT2D eigenvalue weighted by molar-refractivity contribution is 5.38. The lowest BCUT2D eigenvalue weighted by Gasteiger charge is -2.03. The van der Waals surface area contributed by atoms with Crippen LogP contribution in [0.1, 0.15) is 12.0 Å². The van der Waals surface area contributed by atoms with Crippen molar-refractivity contribution in [1.82, 2.24) is 0 Å². The third-order valence-corrected chi connectivity index (χ3v) is 4.96. The molecule has 0 amide bonds. The van der Waals surface area contributed by atoms with Crippen LogP contribution in [0.25, 0.3) is 0 Å². The van der Waals surface area contributed by atoms with Crippen molar-refractivity contribution in [1.29, 1.82) is 0 Å². The van der Waals surface area contributed by atoms with Gasteiger partial charge in [0, 0.05) is 18.6 Å². The molecule has 0 fully saturated rings. The maximum absolute atomic E-state index is 4.46. The number of hydrogen-bond donors (Lipinski definition) is 0. The molecule has 6 nitrogen and oxygen atoms in total. The number of nitrogens with zero attached hydrogens (tertiary/aromatic N) is 6. The van der Waals surface area contributed by atoms with Crippen LogP contribution in [0.5, 0.6) is 0 Å². The van der Waals surface area contributed by atoms with Gasteiger partial charge in [0.2, 0.25) is 0 Å². The van der Waals surface area contributed by atoms with E-state index in [1.165, 1.54) is 5.56 Å². The van der Waals surface area contributed by atoms with Crippen molar-refractivity contribution in [2.45, 2.75) is 26.4 Å². The van der Waals surface area contributed by atoms with E-state index in [1.54, 1.807) is 0 Å². The van der Waals surface area contributed by atoms with Crippen LogP contribution in [-0.4, -0.2) is 0 Å². The lowest BCUT2D eigenvalue weighted by Crippen LogP contribution is -2.39. The molecule has 2 aromatic carbocycles. The number of hydrogen-bond acceptors (Lipinski definition) is 4. The minimum atomic E-state index is 0.820. The first-order valence-corrected chi connectivity index (χ1v) is 10.7. The molecule has 0 bridgehead atoms. The number of azo groups is 2. The highest BCUT2D eigenvalue weighted by Crippen LogP contribution is 2.17. The van der Waals surface area contributed by atoms with E-state index < -0.39 is 0 Å². The predicted molar refractivity (Wildman–Crippen MR) is 124 cm³/mol. The Balaban J connectivity index is 1.41. The predicted octanol–water partition coefficient (Wildman–Crippen LogP) is 6.49. The van der Waals surface area contributed by atoms with Gasteiger partial charge in [0.1, 0.15) is 11.4 Å². The first-order valence-electron chi connectivity index (χ1n) is 10.7. The molecule has 0 aliphatic carbocycles. The fourth-order valence-corrected chi connectivity index (χ4v) is 3.23. The Bertz CT molecular complexity index is 1200. The summed E-state index contributed by atoms with van der Waals surface area (Å²) in [5, 5.41) is 17.6. The molecular weight excluding hydrogens is 396 g/mol. The Morgan fingerprint density at radius 1 is 0.531 bits per heavy atom. The van der Waals surface area contributed by atoms with Crippen LogP contribution in [0, 0.1) is 6.92 Å². The minimum Gasteiger partial charge on any atom is -0.229 e. The van der Waals surface area contributed by atoms with E-state index >= 15 is 0 Å². The number of aromatic nitrogens is 2. The fraction of sp³-hybridized carbons (Fsp3) is 0.154. The average Bonchev–Trinajstić information content (AvgIpc) is 2.84. The molecule has 0 spiro atoms. The number of pyridine rings is 2. The Morgan fingerprint density at radius 3 is 1.59 bits per heavy atom. The molecule has 0 unspecified atom stereocenters. The van der Waals surface area contributed by atoms with Gasteiger partial charge < -0.3 is 0 Å². The molecule has 0 saturated heterocycles. The molecule has 6 heteroatoms. The minimum absolute atomic E-state index is 0.820. The molecule has 0 N–H and O–H groups in total. The third-order valence-electron chi connectivity index (χ3n) is 4.96. The van der Waals surface area contributed by atoms with E-state index in [1.807, 2.05) is 103 Å². The summed E-state index contributed by atoms with van der Waals surface area (Å²) in [4.78, 5) is 0. The van der Waals surface area contributed by atoms with Crippen molar-refractivity contribution < 1.29 is 9.13 Å². The number of benzene rings is 2. The van der Waals surface area contributed by atoms with E-state index in [0.29, 0.717) is 0 Å². The smallest absolute Gasteiger partial charge is 0.229 e. The van der Waals surface area contributed by atoms with Crippen molar-refractivity contribution in [2.75, 3.05) is 0 Å². The molecule has 4 rings (SSSR count). The van der Waals surface area contributed by atoms with E-state index in [0.717, 1.165) is 42.5 Å². The molecule has 2 aromatic heterocycles. The Hall–Kier alpha value is -4.06. The highest BCUT2D eigenvalue weighted by Gasteiger charge is 2.12. The van der Waals surface area contributed by atoms with E-state index in [2.05, 4.69) is 36.5 Å². The van der Waals surface area contributed by atoms with Crippen molar-refractivity contribution in [2.24, 2.45) is 20.5 Å². The Kier molecular flexibility index (Phi) is 7.16. The zero-order valence-corrected chi connectivity index (χ0v) is 18.1. The third kappa shape index (κ3) is 5.98. The zero-order chi connectivity index (χ0) is 22.0. The van der Waals surface area contributed by atoms with Crippen LogP contribution in [0.2, 0.25) is 0 Å². The summed E-state index contributed by atoms with van der Waals surface area (Å²) in [5.41, 5.74) is 2.89. The average molecular weight is 423 g/mol. The second-order valence-corrected chi connectivity index (χ2v) is 7.43. The first kappa shape index (κ1) is 21.2. The van der Waals surface area contributed by atoms with Crippen LogP contribution >= 0.6 is 0 Å². The molecule has 0 aliphatic rings. The number of rotatable bonds is 8. The maximum atomic E-state index is 4.46. The summed E-state index contributed by atoms with van der Waals surface area (Å²) in [6.45, 7) is 3.70. The molecule has 0 atom stereocenters. The van der Waals surface area contributed by atoms with Crippen molar-refractivity contribution >= 4 is 23.0 Å². The van der Waals surface area contributed by atoms with Gasteiger partial charge in [-0.05, 0) is 53.6 Å². The molecule has 32 heavy (non-hydrogen) atoms. The van der Waals surface area contributed by atoms with Gasteiger partial charge in [0.25, 0.3) is 0 Å². The standard InChI is InChI=1S/C26H26N6/c1-22-14-16-24(17-15-22)28-30-26-13-6-8-19-32(26)21-9-20-31-18-7-5-12-25(31)29-27-23-10-3-2-4-11-23/h2-8,10-19H,9,20-21H2,1H3/q+2. The van der Waals surface area contributed by atoms with E-state index in [-0.39, 0.29) is 0 Å². The quantitative estimate of drug-likeness (QED) is 0.230. The molecular formula is C26H26N6+2. The van der Waals surface area contributed by atoms with Gasteiger partial charge in [-0.2, -0.15) is 0 Å². The van der Waals surface area contributed by atoms with Crippen LogP contribution in [0.3, 0.4) is 0 Å². The van der Waals surface area contributed by atoms with Crippen molar-refractivity contribution in [3.63, 3.8) is 0 Å². The summed E-state index contributed by atoms with van der Waals surface area (Å²) >= 11 is 0. The highest BCUT2D eigenvalue weighted by atomic mass is 15.2. The van der Waals surface area contributed by atoms with Crippen molar-refractivity contribution in [3.8, 4) is 0 Å². The van der Waals surface area contributed by atoms with E-state index in [9.17, 15) is 0 Å². The Morgan fingerprint density at radius 2 is 1.03 bits per heavy atom. The van der Waals surface area contributed by atoms with Gasteiger partial charge in [-0.3, -0.25) is 0 Å². The lowest BCUT2D eigenvalue weighted by atomic mass is 10.2. The van der Waals surface area contributed by atoms with Gasteiger partial charge >= 0.3 is 11.6 Å². The second kappa shape index (κ2) is 10.8. The molecule has 0 saturated carbocycles. The second-order valence-electron chi connectivity index (χ2n) is 7.43. The fourth-order valence-electron chi connectivity index (χ4n) is 3.23. The van der Waals surface area contributed by atoms with Gasteiger partial charge in [0.05, 0.1) is 35.7 Å². The summed E-state index contributed by atoms with van der Waals surface area (Å²) in [7, 11) is 0. The largest absolute Gasteiger partial charge is 0.350 e.